The molecule has 0 radical (unpaired) electrons. The molecule has 1 spiro atoms. The van der Waals surface area contributed by atoms with Gasteiger partial charge in [0.1, 0.15) is 0 Å². The molecule has 3 N–H and O–H groups in total. The third kappa shape index (κ3) is 1.93. The lowest BCUT2D eigenvalue weighted by molar-refractivity contribution is -0.0733. The van der Waals surface area contributed by atoms with Gasteiger partial charge in [-0.25, -0.2) is 0 Å². The Labute approximate surface area is 92.7 Å². The molecule has 1 saturated carbocycles. The Morgan fingerprint density at radius 1 is 1.47 bits per heavy atom. The van der Waals surface area contributed by atoms with E-state index >= 15 is 0 Å². The summed E-state index contributed by atoms with van der Waals surface area (Å²) in [7, 11) is 0. The van der Waals surface area contributed by atoms with Gasteiger partial charge in [-0.2, -0.15) is 0 Å². The monoisotopic (exact) mass is 212 g/mol. The molecule has 0 aromatic heterocycles. The van der Waals surface area contributed by atoms with Gasteiger partial charge in [0.15, 0.2) is 0 Å². The van der Waals surface area contributed by atoms with Crippen LogP contribution in [0.25, 0.3) is 0 Å². The van der Waals surface area contributed by atoms with Gasteiger partial charge in [0, 0.05) is 36.8 Å². The highest BCUT2D eigenvalue weighted by molar-refractivity contribution is 5.10. The Bertz CT molecular complexity index is 214. The van der Waals surface area contributed by atoms with Gasteiger partial charge in [0.25, 0.3) is 0 Å². The summed E-state index contributed by atoms with van der Waals surface area (Å²) in [5.74, 6) is 0. The van der Waals surface area contributed by atoms with E-state index < -0.39 is 0 Å². The van der Waals surface area contributed by atoms with Crippen LogP contribution in [0.5, 0.6) is 0 Å². The minimum absolute atomic E-state index is 0.349. The van der Waals surface area contributed by atoms with E-state index in [0.29, 0.717) is 23.5 Å². The molecule has 1 saturated heterocycles. The molecular formula is C12H24N2O. The first-order valence-electron chi connectivity index (χ1n) is 6.28. The van der Waals surface area contributed by atoms with E-state index in [1.165, 1.54) is 6.42 Å². The molecule has 3 unspecified atom stereocenters. The third-order valence-corrected chi connectivity index (χ3v) is 4.44. The van der Waals surface area contributed by atoms with Crippen molar-refractivity contribution >= 4 is 0 Å². The average molecular weight is 212 g/mol. The Hall–Kier alpha value is -0.120. The maximum Gasteiger partial charge on any atom is 0.0472 e. The molecule has 3 heteroatoms. The molecule has 0 aromatic carbocycles. The molecule has 1 aliphatic carbocycles. The van der Waals surface area contributed by atoms with Crippen LogP contribution in [0.2, 0.25) is 0 Å². The number of hydrogen-bond donors (Lipinski definition) is 2. The molecular weight excluding hydrogens is 188 g/mol. The highest BCUT2D eigenvalue weighted by Crippen LogP contribution is 2.48. The van der Waals surface area contributed by atoms with Crippen molar-refractivity contribution in [3.8, 4) is 0 Å². The van der Waals surface area contributed by atoms with Gasteiger partial charge in [0.05, 0.1) is 0 Å². The van der Waals surface area contributed by atoms with Crippen LogP contribution in [0.15, 0.2) is 0 Å². The zero-order valence-electron chi connectivity index (χ0n) is 9.96. The first-order chi connectivity index (χ1) is 7.19. The minimum atomic E-state index is 0.349. The minimum Gasteiger partial charge on any atom is -0.381 e. The SMILES string of the molecule is CCC(C)NC1CC(N)C12CCOCC2. The second kappa shape index (κ2) is 4.40. The van der Waals surface area contributed by atoms with Crippen LogP contribution in [0.1, 0.15) is 39.5 Å². The second-order valence-corrected chi connectivity index (χ2v) is 5.22. The Kier molecular flexibility index (Phi) is 3.33. The van der Waals surface area contributed by atoms with Crippen molar-refractivity contribution in [3.05, 3.63) is 0 Å². The fourth-order valence-electron chi connectivity index (χ4n) is 2.99. The van der Waals surface area contributed by atoms with E-state index in [2.05, 4.69) is 19.2 Å². The van der Waals surface area contributed by atoms with Gasteiger partial charge in [-0.3, -0.25) is 0 Å². The van der Waals surface area contributed by atoms with Gasteiger partial charge in [-0.15, -0.1) is 0 Å². The normalized spacial score (nSPS) is 36.2. The lowest BCUT2D eigenvalue weighted by Crippen LogP contribution is -2.68. The number of nitrogens with two attached hydrogens (primary N) is 1. The van der Waals surface area contributed by atoms with Crippen molar-refractivity contribution in [2.24, 2.45) is 11.1 Å². The van der Waals surface area contributed by atoms with E-state index in [4.69, 9.17) is 10.5 Å². The van der Waals surface area contributed by atoms with E-state index in [1.54, 1.807) is 0 Å². The highest BCUT2D eigenvalue weighted by atomic mass is 16.5. The first-order valence-corrected chi connectivity index (χ1v) is 6.28. The standard InChI is InChI=1S/C12H24N2O/c1-3-9(2)14-11-8-10(13)12(11)4-6-15-7-5-12/h9-11,14H,3-8,13H2,1-2H3. The smallest absolute Gasteiger partial charge is 0.0472 e. The second-order valence-electron chi connectivity index (χ2n) is 5.22. The molecule has 0 bridgehead atoms. The summed E-state index contributed by atoms with van der Waals surface area (Å²) in [5, 5.41) is 3.72. The lowest BCUT2D eigenvalue weighted by Gasteiger charge is -2.57. The molecule has 1 heterocycles. The average Bonchev–Trinajstić information content (AvgIpc) is 2.29. The summed E-state index contributed by atoms with van der Waals surface area (Å²) >= 11 is 0. The lowest BCUT2D eigenvalue weighted by atomic mass is 9.56. The first kappa shape index (κ1) is 11.4. The van der Waals surface area contributed by atoms with E-state index in [-0.39, 0.29) is 0 Å². The highest BCUT2D eigenvalue weighted by Gasteiger charge is 2.53. The van der Waals surface area contributed by atoms with Crippen LogP contribution < -0.4 is 11.1 Å². The van der Waals surface area contributed by atoms with Crippen molar-refractivity contribution < 1.29 is 4.74 Å². The van der Waals surface area contributed by atoms with Crippen LogP contribution in [0, 0.1) is 5.41 Å². The Morgan fingerprint density at radius 2 is 2.13 bits per heavy atom. The van der Waals surface area contributed by atoms with Crippen molar-refractivity contribution in [2.45, 2.75) is 57.7 Å². The van der Waals surface area contributed by atoms with Crippen LogP contribution in [0.4, 0.5) is 0 Å². The maximum atomic E-state index is 6.20. The predicted molar refractivity (Wildman–Crippen MR) is 61.8 cm³/mol. The van der Waals surface area contributed by atoms with Gasteiger partial charge in [0.2, 0.25) is 0 Å². The molecule has 88 valence electrons. The van der Waals surface area contributed by atoms with E-state index in [1.807, 2.05) is 0 Å². The molecule has 2 fully saturated rings. The molecule has 1 aliphatic heterocycles. The molecule has 2 rings (SSSR count). The van der Waals surface area contributed by atoms with Crippen LogP contribution in [0.3, 0.4) is 0 Å². The summed E-state index contributed by atoms with van der Waals surface area (Å²) < 4.78 is 5.45. The van der Waals surface area contributed by atoms with Gasteiger partial charge >= 0.3 is 0 Å². The van der Waals surface area contributed by atoms with Crippen molar-refractivity contribution in [1.29, 1.82) is 0 Å². The summed E-state index contributed by atoms with van der Waals surface area (Å²) in [6, 6.07) is 1.64. The van der Waals surface area contributed by atoms with Crippen LogP contribution in [-0.2, 0) is 4.74 Å². The zero-order valence-corrected chi connectivity index (χ0v) is 9.96. The number of ether oxygens (including phenoxy) is 1. The summed E-state index contributed by atoms with van der Waals surface area (Å²) in [5.41, 5.74) is 6.55. The topological polar surface area (TPSA) is 47.3 Å². The van der Waals surface area contributed by atoms with Crippen molar-refractivity contribution in [1.82, 2.24) is 5.32 Å². The van der Waals surface area contributed by atoms with Crippen molar-refractivity contribution in [2.75, 3.05) is 13.2 Å². The summed E-state index contributed by atoms with van der Waals surface area (Å²) in [6.45, 7) is 6.28. The van der Waals surface area contributed by atoms with Crippen molar-refractivity contribution in [3.63, 3.8) is 0 Å². The molecule has 0 aromatic rings. The van der Waals surface area contributed by atoms with Crippen LogP contribution >= 0.6 is 0 Å². The van der Waals surface area contributed by atoms with E-state index in [9.17, 15) is 0 Å². The number of rotatable bonds is 3. The molecule has 3 atom stereocenters. The number of hydrogen-bond acceptors (Lipinski definition) is 3. The molecule has 15 heavy (non-hydrogen) atoms. The maximum absolute atomic E-state index is 6.20. The zero-order chi connectivity index (χ0) is 10.9. The third-order valence-electron chi connectivity index (χ3n) is 4.44. The number of nitrogens with one attached hydrogen (secondary N) is 1. The van der Waals surface area contributed by atoms with Gasteiger partial charge < -0.3 is 15.8 Å². The predicted octanol–water partition coefficient (Wildman–Crippen LogP) is 1.27. The largest absolute Gasteiger partial charge is 0.381 e. The molecule has 3 nitrogen and oxygen atoms in total. The van der Waals surface area contributed by atoms with Gasteiger partial charge in [-0.05, 0) is 32.6 Å². The summed E-state index contributed by atoms with van der Waals surface area (Å²) in [4.78, 5) is 0. The molecule has 2 aliphatic rings. The fraction of sp³-hybridized carbons (Fsp3) is 1.00. The fourth-order valence-corrected chi connectivity index (χ4v) is 2.99. The Morgan fingerprint density at radius 3 is 2.67 bits per heavy atom. The van der Waals surface area contributed by atoms with E-state index in [0.717, 1.165) is 32.5 Å². The quantitative estimate of drug-likeness (QED) is 0.740. The molecule has 0 amide bonds. The summed E-state index contributed by atoms with van der Waals surface area (Å²) in [6.07, 6.45) is 4.62. The van der Waals surface area contributed by atoms with Crippen LogP contribution in [-0.4, -0.2) is 31.3 Å². The van der Waals surface area contributed by atoms with Gasteiger partial charge in [-0.1, -0.05) is 6.92 Å². The Balaban J connectivity index is 1.95.